The number of carbonyl (C=O) groups excluding carboxylic acids is 3. The third-order valence-corrected chi connectivity index (χ3v) is 3.47. The van der Waals surface area contributed by atoms with Gasteiger partial charge in [0, 0.05) is 7.05 Å². The number of rotatable bonds is 2. The van der Waals surface area contributed by atoms with Gasteiger partial charge in [0.25, 0.3) is 0 Å². The first kappa shape index (κ1) is 16.9. The highest BCUT2D eigenvalue weighted by molar-refractivity contribution is 9.10. The van der Waals surface area contributed by atoms with Gasteiger partial charge in [-0.25, -0.2) is 14.5 Å². The Bertz CT molecular complexity index is 423. The second-order valence-corrected chi connectivity index (χ2v) is 7.31. The summed E-state index contributed by atoms with van der Waals surface area (Å²) >= 11 is 3.14. The molecule has 1 rings (SSSR count). The van der Waals surface area contributed by atoms with Crippen LogP contribution in [0, 0.1) is 0 Å². The van der Waals surface area contributed by atoms with E-state index in [9.17, 15) is 14.4 Å². The average molecular weight is 349 g/mol. The predicted molar refractivity (Wildman–Crippen MR) is 77.5 cm³/mol. The summed E-state index contributed by atoms with van der Waals surface area (Å²) in [7, 11) is 1.57. The fourth-order valence-corrected chi connectivity index (χ4v) is 2.20. The minimum absolute atomic E-state index is 0.424. The van der Waals surface area contributed by atoms with Crippen LogP contribution >= 0.6 is 15.9 Å². The Morgan fingerprint density at radius 1 is 1.35 bits per heavy atom. The van der Waals surface area contributed by atoms with Gasteiger partial charge < -0.3 is 9.64 Å². The largest absolute Gasteiger partial charge is 0.458 e. The highest BCUT2D eigenvalue weighted by Crippen LogP contribution is 2.26. The molecule has 1 aliphatic heterocycles. The van der Waals surface area contributed by atoms with Gasteiger partial charge in [0.15, 0.2) is 6.04 Å². The lowest BCUT2D eigenvalue weighted by Crippen LogP contribution is -2.49. The molecule has 1 fully saturated rings. The van der Waals surface area contributed by atoms with Crippen molar-refractivity contribution in [2.24, 2.45) is 0 Å². The molecule has 1 saturated heterocycles. The molecule has 3 atom stereocenters. The van der Waals surface area contributed by atoms with Crippen molar-refractivity contribution in [3.05, 3.63) is 0 Å². The summed E-state index contributed by atoms with van der Waals surface area (Å²) in [6, 6.07) is -1.82. The summed E-state index contributed by atoms with van der Waals surface area (Å²) in [6.45, 7) is 8.57. The van der Waals surface area contributed by atoms with Gasteiger partial charge in [0.2, 0.25) is 5.91 Å². The smallest absolute Gasteiger partial charge is 0.332 e. The van der Waals surface area contributed by atoms with Crippen molar-refractivity contribution in [2.45, 2.75) is 57.1 Å². The molecule has 1 aliphatic rings. The Balaban J connectivity index is 3.09. The van der Waals surface area contributed by atoms with E-state index in [0.29, 0.717) is 0 Å². The standard InChI is InChI=1S/C13H21BrN2O4/c1-7(14)10(17)16-9(8(2)15(6)12(16)19)11(18)20-13(3,4)5/h7-9H,1-6H3/t7?,8-,9-/m0/s1. The second-order valence-electron chi connectivity index (χ2n) is 5.94. The molecule has 0 bridgehead atoms. The van der Waals surface area contributed by atoms with E-state index in [1.807, 2.05) is 0 Å². The molecule has 1 unspecified atom stereocenters. The van der Waals surface area contributed by atoms with E-state index in [-0.39, 0.29) is 0 Å². The van der Waals surface area contributed by atoms with Gasteiger partial charge in [0.1, 0.15) is 5.60 Å². The Hall–Kier alpha value is -1.11. The van der Waals surface area contributed by atoms with Gasteiger partial charge in [-0.05, 0) is 34.6 Å². The summed E-state index contributed by atoms with van der Waals surface area (Å²) in [5.74, 6) is -1.01. The Morgan fingerprint density at radius 3 is 2.25 bits per heavy atom. The molecule has 7 heteroatoms. The summed E-state index contributed by atoms with van der Waals surface area (Å²) in [6.07, 6.45) is 0. The normalized spacial score (nSPS) is 24.9. The first-order chi connectivity index (χ1) is 8.97. The minimum atomic E-state index is -0.917. The number of alkyl halides is 1. The molecule has 0 saturated carbocycles. The lowest BCUT2D eigenvalue weighted by molar-refractivity contribution is -0.162. The number of likely N-dealkylation sites (N-methyl/N-ethyl adjacent to an activating group) is 1. The summed E-state index contributed by atoms with van der Waals surface area (Å²) in [4.78, 5) is 38.4. The number of amides is 3. The van der Waals surface area contributed by atoms with E-state index in [0.717, 1.165) is 4.90 Å². The average Bonchev–Trinajstić information content (AvgIpc) is 2.50. The Kier molecular flexibility index (Phi) is 4.84. The van der Waals surface area contributed by atoms with E-state index >= 15 is 0 Å². The van der Waals surface area contributed by atoms with Gasteiger partial charge in [0.05, 0.1) is 10.9 Å². The summed E-state index contributed by atoms with van der Waals surface area (Å²) in [5, 5.41) is 0. The quantitative estimate of drug-likeness (QED) is 0.563. The van der Waals surface area contributed by atoms with Crippen molar-refractivity contribution in [1.82, 2.24) is 9.80 Å². The second kappa shape index (κ2) is 5.71. The Labute approximate surface area is 127 Å². The summed E-state index contributed by atoms with van der Waals surface area (Å²) < 4.78 is 5.32. The molecule has 0 radical (unpaired) electrons. The fraction of sp³-hybridized carbons (Fsp3) is 0.769. The van der Waals surface area contributed by atoms with Crippen LogP contribution in [0.15, 0.2) is 0 Å². The number of nitrogens with zero attached hydrogens (tertiary/aromatic N) is 2. The van der Waals surface area contributed by atoms with Crippen molar-refractivity contribution >= 4 is 33.8 Å². The van der Waals surface area contributed by atoms with E-state index < -0.39 is 40.4 Å². The monoisotopic (exact) mass is 348 g/mol. The lowest BCUT2D eigenvalue weighted by atomic mass is 10.1. The SMILES string of the molecule is CC(Br)C(=O)N1C(=O)N(C)[C@@H](C)[C@H]1C(=O)OC(C)(C)C. The number of ether oxygens (including phenoxy) is 1. The third kappa shape index (κ3) is 3.31. The molecule has 3 amide bonds. The number of imide groups is 1. The molecule has 0 aromatic heterocycles. The third-order valence-electron chi connectivity index (χ3n) is 3.08. The number of carbonyl (C=O) groups is 3. The van der Waals surface area contributed by atoms with Crippen LogP contribution in [0.5, 0.6) is 0 Å². The van der Waals surface area contributed by atoms with Gasteiger partial charge in [-0.15, -0.1) is 0 Å². The van der Waals surface area contributed by atoms with Crippen LogP contribution in [0.2, 0.25) is 0 Å². The number of halogens is 1. The predicted octanol–water partition coefficient (Wildman–Crippen LogP) is 1.76. The number of urea groups is 1. The van der Waals surface area contributed by atoms with Crippen LogP contribution < -0.4 is 0 Å². The van der Waals surface area contributed by atoms with Gasteiger partial charge in [-0.3, -0.25) is 4.79 Å². The van der Waals surface area contributed by atoms with Gasteiger partial charge in [-0.1, -0.05) is 15.9 Å². The highest BCUT2D eigenvalue weighted by atomic mass is 79.9. The molecular formula is C13H21BrN2O4. The van der Waals surface area contributed by atoms with Crippen LogP contribution in [0.25, 0.3) is 0 Å². The molecule has 0 aromatic rings. The molecular weight excluding hydrogens is 328 g/mol. The van der Waals surface area contributed by atoms with Crippen LogP contribution in [0.1, 0.15) is 34.6 Å². The van der Waals surface area contributed by atoms with E-state index in [4.69, 9.17) is 4.74 Å². The van der Waals surface area contributed by atoms with Crippen LogP contribution in [0.4, 0.5) is 4.79 Å². The van der Waals surface area contributed by atoms with Crippen molar-refractivity contribution in [3.63, 3.8) is 0 Å². The van der Waals surface area contributed by atoms with Gasteiger partial charge in [-0.2, -0.15) is 0 Å². The molecule has 0 aliphatic carbocycles. The maximum absolute atomic E-state index is 12.3. The highest BCUT2D eigenvalue weighted by Gasteiger charge is 2.50. The minimum Gasteiger partial charge on any atom is -0.458 e. The Morgan fingerprint density at radius 2 is 1.85 bits per heavy atom. The molecule has 20 heavy (non-hydrogen) atoms. The molecule has 6 nitrogen and oxygen atoms in total. The lowest BCUT2D eigenvalue weighted by Gasteiger charge is -2.27. The maximum atomic E-state index is 12.3. The molecule has 0 aromatic carbocycles. The zero-order valence-corrected chi connectivity index (χ0v) is 14.2. The van der Waals surface area contributed by atoms with Crippen molar-refractivity contribution in [3.8, 4) is 0 Å². The van der Waals surface area contributed by atoms with Crippen molar-refractivity contribution in [2.75, 3.05) is 7.05 Å². The van der Waals surface area contributed by atoms with Gasteiger partial charge >= 0.3 is 12.0 Å². The first-order valence-corrected chi connectivity index (χ1v) is 7.35. The zero-order chi connectivity index (χ0) is 15.8. The molecule has 114 valence electrons. The number of esters is 1. The van der Waals surface area contributed by atoms with Crippen LogP contribution in [-0.4, -0.2) is 57.3 Å². The fourth-order valence-electron chi connectivity index (χ4n) is 1.98. The van der Waals surface area contributed by atoms with Crippen molar-refractivity contribution in [1.29, 1.82) is 0 Å². The molecule has 1 heterocycles. The molecule has 0 N–H and O–H groups in total. The van der Waals surface area contributed by atoms with Crippen LogP contribution in [-0.2, 0) is 14.3 Å². The molecule has 0 spiro atoms. The topological polar surface area (TPSA) is 66.9 Å². The first-order valence-electron chi connectivity index (χ1n) is 6.44. The van der Waals surface area contributed by atoms with E-state index in [1.54, 1.807) is 41.7 Å². The van der Waals surface area contributed by atoms with Crippen molar-refractivity contribution < 1.29 is 19.1 Å². The number of hydrogen-bond donors (Lipinski definition) is 0. The number of hydrogen-bond acceptors (Lipinski definition) is 4. The van der Waals surface area contributed by atoms with Crippen LogP contribution in [0.3, 0.4) is 0 Å². The van der Waals surface area contributed by atoms with E-state index in [2.05, 4.69) is 15.9 Å². The zero-order valence-electron chi connectivity index (χ0n) is 12.6. The summed E-state index contributed by atoms with van der Waals surface area (Å²) in [5.41, 5.74) is -0.671. The van der Waals surface area contributed by atoms with E-state index in [1.165, 1.54) is 4.90 Å². The maximum Gasteiger partial charge on any atom is 0.332 e.